The molecule has 0 aliphatic rings. The lowest BCUT2D eigenvalue weighted by Crippen LogP contribution is -2.32. The Morgan fingerprint density at radius 2 is 2.00 bits per heavy atom. The van der Waals surface area contributed by atoms with Crippen LogP contribution in [0, 0.1) is 0 Å². The molecule has 0 fully saturated rings. The fourth-order valence-electron chi connectivity index (χ4n) is 3.01. The average molecular weight is 416 g/mol. The molecule has 3 aromatic rings. The summed E-state index contributed by atoms with van der Waals surface area (Å²) in [5.74, 6) is -0.160. The predicted octanol–water partition coefficient (Wildman–Crippen LogP) is 3.63. The molecular weight excluding hydrogens is 394 g/mol. The van der Waals surface area contributed by atoms with Gasteiger partial charge in [-0.3, -0.25) is 4.79 Å². The highest BCUT2D eigenvalue weighted by molar-refractivity contribution is 6.32. The Bertz CT molecular complexity index is 1050. The van der Waals surface area contributed by atoms with E-state index < -0.39 is 17.6 Å². The number of hydrogen-bond donors (Lipinski definition) is 2. The number of aryl methyl sites for hydroxylation is 1. The van der Waals surface area contributed by atoms with E-state index in [0.717, 1.165) is 23.8 Å². The quantitative estimate of drug-likeness (QED) is 0.548. The number of ether oxygens (including phenoxy) is 1. The summed E-state index contributed by atoms with van der Waals surface area (Å²) in [5, 5.41) is 13.8. The van der Waals surface area contributed by atoms with Crippen molar-refractivity contribution in [3.05, 3.63) is 75.1 Å². The van der Waals surface area contributed by atoms with Crippen LogP contribution in [0.5, 0.6) is 5.75 Å². The molecule has 0 aliphatic heterocycles. The molecule has 0 saturated carbocycles. The first-order valence-corrected chi connectivity index (χ1v) is 9.74. The van der Waals surface area contributed by atoms with E-state index in [9.17, 15) is 14.7 Å². The second kappa shape index (κ2) is 9.58. The Morgan fingerprint density at radius 3 is 2.72 bits per heavy atom. The van der Waals surface area contributed by atoms with Crippen LogP contribution in [0.2, 0.25) is 5.02 Å². The van der Waals surface area contributed by atoms with Crippen molar-refractivity contribution in [2.24, 2.45) is 0 Å². The third-order valence-electron chi connectivity index (χ3n) is 4.44. The number of halogens is 1. The fraction of sp³-hybridized carbons (Fsp3) is 0.273. The van der Waals surface area contributed by atoms with Crippen molar-refractivity contribution in [2.45, 2.75) is 25.9 Å². The molecule has 0 spiro atoms. The van der Waals surface area contributed by atoms with Crippen LogP contribution in [-0.4, -0.2) is 24.2 Å². The van der Waals surface area contributed by atoms with Crippen LogP contribution in [-0.2, 0) is 11.2 Å². The molecule has 1 amide bonds. The van der Waals surface area contributed by atoms with E-state index in [1.54, 1.807) is 18.2 Å². The molecule has 6 nitrogen and oxygen atoms in total. The number of nitrogens with one attached hydrogen (secondary N) is 1. The number of fused-ring (bicyclic) bond motifs is 1. The second-order valence-electron chi connectivity index (χ2n) is 6.64. The Labute approximate surface area is 173 Å². The highest BCUT2D eigenvalue weighted by Crippen LogP contribution is 2.31. The van der Waals surface area contributed by atoms with Gasteiger partial charge in [0, 0.05) is 24.1 Å². The second-order valence-corrected chi connectivity index (χ2v) is 7.05. The molecule has 1 unspecified atom stereocenters. The summed E-state index contributed by atoms with van der Waals surface area (Å²) in [5.41, 5.74) is 1.49. The number of aliphatic hydroxyl groups excluding tert-OH is 1. The summed E-state index contributed by atoms with van der Waals surface area (Å²) in [4.78, 5) is 23.8. The highest BCUT2D eigenvalue weighted by Gasteiger charge is 2.13. The molecule has 0 saturated heterocycles. The van der Waals surface area contributed by atoms with Crippen molar-refractivity contribution in [1.82, 2.24) is 5.32 Å². The number of benzene rings is 2. The van der Waals surface area contributed by atoms with Crippen LogP contribution >= 0.6 is 11.6 Å². The van der Waals surface area contributed by atoms with Gasteiger partial charge in [0.25, 0.3) is 5.91 Å². The van der Waals surface area contributed by atoms with Crippen LogP contribution in [0.15, 0.2) is 57.7 Å². The van der Waals surface area contributed by atoms with Crippen LogP contribution in [0.3, 0.4) is 0 Å². The number of rotatable bonds is 8. The van der Waals surface area contributed by atoms with Gasteiger partial charge in [-0.15, -0.1) is 0 Å². The Balaban J connectivity index is 1.64. The monoisotopic (exact) mass is 415 g/mol. The van der Waals surface area contributed by atoms with Gasteiger partial charge in [-0.1, -0.05) is 55.3 Å². The van der Waals surface area contributed by atoms with Gasteiger partial charge in [0.05, 0.1) is 11.1 Å². The molecule has 152 valence electrons. The Morgan fingerprint density at radius 1 is 1.24 bits per heavy atom. The zero-order valence-corrected chi connectivity index (χ0v) is 16.7. The van der Waals surface area contributed by atoms with E-state index in [4.69, 9.17) is 20.8 Å². The van der Waals surface area contributed by atoms with Gasteiger partial charge in [-0.05, 0) is 23.6 Å². The Hall–Kier alpha value is -2.83. The van der Waals surface area contributed by atoms with Crippen LogP contribution in [0.4, 0.5) is 0 Å². The summed E-state index contributed by atoms with van der Waals surface area (Å²) in [6.07, 6.45) is 0.796. The van der Waals surface area contributed by atoms with Gasteiger partial charge >= 0.3 is 5.63 Å². The average Bonchev–Trinajstić information content (AvgIpc) is 2.72. The molecule has 0 aliphatic carbocycles. The minimum Gasteiger partial charge on any atom is -0.482 e. The predicted molar refractivity (Wildman–Crippen MR) is 111 cm³/mol. The van der Waals surface area contributed by atoms with Gasteiger partial charge in [-0.25, -0.2) is 4.79 Å². The summed E-state index contributed by atoms with van der Waals surface area (Å²) < 4.78 is 10.7. The van der Waals surface area contributed by atoms with Crippen molar-refractivity contribution in [1.29, 1.82) is 0 Å². The molecule has 29 heavy (non-hydrogen) atoms. The molecule has 0 radical (unpaired) electrons. The summed E-state index contributed by atoms with van der Waals surface area (Å²) in [6.45, 7) is 1.80. The first kappa shape index (κ1) is 20.9. The standard InChI is InChI=1S/C22H22ClNO5/c1-2-6-15-9-22(27)29-19-11-20(17(23)10-16(15)19)28-13-21(26)24-12-18(25)14-7-4-3-5-8-14/h3-5,7-11,18,25H,2,6,12-13H2,1H3,(H,24,26). The molecule has 2 aromatic carbocycles. The van der Waals surface area contributed by atoms with E-state index in [1.165, 1.54) is 12.1 Å². The first-order chi connectivity index (χ1) is 14.0. The van der Waals surface area contributed by atoms with E-state index in [0.29, 0.717) is 16.2 Å². The highest BCUT2D eigenvalue weighted by atomic mass is 35.5. The topological polar surface area (TPSA) is 88.8 Å². The van der Waals surface area contributed by atoms with Gasteiger partial charge in [0.2, 0.25) is 0 Å². The van der Waals surface area contributed by atoms with Gasteiger partial charge < -0.3 is 19.6 Å². The van der Waals surface area contributed by atoms with Crippen LogP contribution in [0.1, 0.15) is 30.6 Å². The maximum atomic E-state index is 12.1. The van der Waals surface area contributed by atoms with E-state index in [-0.39, 0.29) is 18.9 Å². The molecule has 2 N–H and O–H groups in total. The number of carbonyl (C=O) groups is 1. The SMILES string of the molecule is CCCc1cc(=O)oc2cc(OCC(=O)NCC(O)c3ccccc3)c(Cl)cc12. The lowest BCUT2D eigenvalue weighted by Gasteiger charge is -2.13. The molecule has 1 heterocycles. The lowest BCUT2D eigenvalue weighted by molar-refractivity contribution is -0.123. The number of amides is 1. The summed E-state index contributed by atoms with van der Waals surface area (Å²) in [6, 6.07) is 13.7. The normalized spacial score (nSPS) is 12.0. The minimum absolute atomic E-state index is 0.0624. The third-order valence-corrected chi connectivity index (χ3v) is 4.73. The summed E-state index contributed by atoms with van der Waals surface area (Å²) in [7, 11) is 0. The van der Waals surface area contributed by atoms with Crippen molar-refractivity contribution in [3.8, 4) is 5.75 Å². The third kappa shape index (κ3) is 5.37. The van der Waals surface area contributed by atoms with E-state index >= 15 is 0 Å². The number of carbonyl (C=O) groups excluding carboxylic acids is 1. The lowest BCUT2D eigenvalue weighted by atomic mass is 10.1. The molecular formula is C22H22ClNO5. The van der Waals surface area contributed by atoms with Crippen molar-refractivity contribution < 1.29 is 19.1 Å². The van der Waals surface area contributed by atoms with Crippen LogP contribution in [0.25, 0.3) is 11.0 Å². The smallest absolute Gasteiger partial charge is 0.336 e. The zero-order valence-electron chi connectivity index (χ0n) is 16.0. The molecule has 1 aromatic heterocycles. The fourth-order valence-corrected chi connectivity index (χ4v) is 3.23. The molecule has 3 rings (SSSR count). The van der Waals surface area contributed by atoms with E-state index in [1.807, 2.05) is 25.1 Å². The zero-order chi connectivity index (χ0) is 20.8. The molecule has 7 heteroatoms. The van der Waals surface area contributed by atoms with Crippen LogP contribution < -0.4 is 15.7 Å². The van der Waals surface area contributed by atoms with Crippen molar-refractivity contribution >= 4 is 28.5 Å². The molecule has 1 atom stereocenters. The minimum atomic E-state index is -0.810. The molecule has 0 bridgehead atoms. The van der Waals surface area contributed by atoms with E-state index in [2.05, 4.69) is 5.32 Å². The maximum Gasteiger partial charge on any atom is 0.336 e. The largest absolute Gasteiger partial charge is 0.482 e. The van der Waals surface area contributed by atoms with Crippen molar-refractivity contribution in [2.75, 3.05) is 13.2 Å². The Kier molecular flexibility index (Phi) is 6.90. The first-order valence-electron chi connectivity index (χ1n) is 9.36. The maximum absolute atomic E-state index is 12.1. The van der Waals surface area contributed by atoms with Crippen molar-refractivity contribution in [3.63, 3.8) is 0 Å². The van der Waals surface area contributed by atoms with Gasteiger partial charge in [-0.2, -0.15) is 0 Å². The van der Waals surface area contributed by atoms with Gasteiger partial charge in [0.15, 0.2) is 6.61 Å². The van der Waals surface area contributed by atoms with Gasteiger partial charge in [0.1, 0.15) is 11.3 Å². The number of aliphatic hydroxyl groups is 1. The summed E-state index contributed by atoms with van der Waals surface area (Å²) >= 11 is 6.29. The number of hydrogen-bond acceptors (Lipinski definition) is 5.